The molecule has 166 valence electrons. The molecule has 1 N–H and O–H groups in total. The maximum atomic E-state index is 12.8. The second-order valence-electron chi connectivity index (χ2n) is 8.66. The number of aliphatic hydroxyl groups is 1. The zero-order valence-electron chi connectivity index (χ0n) is 18.6. The van der Waals surface area contributed by atoms with E-state index >= 15 is 0 Å². The van der Waals surface area contributed by atoms with Crippen LogP contribution in [0.15, 0.2) is 54.3 Å². The first-order chi connectivity index (χ1) is 15.5. The van der Waals surface area contributed by atoms with Crippen LogP contribution in [0, 0.1) is 0 Å². The van der Waals surface area contributed by atoms with Gasteiger partial charge in [0.2, 0.25) is 5.78 Å². The van der Waals surface area contributed by atoms with E-state index in [0.717, 1.165) is 30.5 Å². The molecule has 0 aromatic heterocycles. The summed E-state index contributed by atoms with van der Waals surface area (Å²) in [7, 11) is 5.47. The summed E-state index contributed by atoms with van der Waals surface area (Å²) in [5.74, 6) is 2.11. The molecule has 1 heterocycles. The molecule has 2 atom stereocenters. The minimum Gasteiger partial charge on any atom is -0.493 e. The number of carbonyl (C=O) groups is 1. The van der Waals surface area contributed by atoms with E-state index in [1.807, 2.05) is 12.2 Å². The Morgan fingerprint density at radius 2 is 1.97 bits per heavy atom. The lowest BCUT2D eigenvalue weighted by molar-refractivity contribution is -0.113. The van der Waals surface area contributed by atoms with Crippen LogP contribution in [0.1, 0.15) is 34.7 Å². The summed E-state index contributed by atoms with van der Waals surface area (Å²) in [6.07, 6.45) is 7.29. The van der Waals surface area contributed by atoms with Crippen molar-refractivity contribution < 1.29 is 24.1 Å². The Morgan fingerprint density at radius 1 is 1.19 bits per heavy atom. The number of fused-ring (bicyclic) bond motifs is 1. The van der Waals surface area contributed by atoms with E-state index in [9.17, 15) is 9.90 Å². The first-order valence-corrected chi connectivity index (χ1v) is 10.8. The number of nitrogens with zero attached hydrogens (tertiary/aromatic N) is 1. The molecule has 3 aliphatic rings. The number of hydrogen-bond acceptors (Lipinski definition) is 6. The van der Waals surface area contributed by atoms with Crippen molar-refractivity contribution in [3.63, 3.8) is 0 Å². The standard InChI is InChI=1S/C26H27NO5/c1-27-11-9-17-12-21(30-2)25(31-3)24-23(17)19(27)13-26(24)10-8-20(29)22(14-26)32-18-6-4-16(15-28)5-7-18/h4-8,10,12,14,19,28H,9,11,13,15H2,1-3H3/t19-,26-/m1/s1. The molecule has 2 aromatic rings. The summed E-state index contributed by atoms with van der Waals surface area (Å²) in [6.45, 7) is 0.930. The summed E-state index contributed by atoms with van der Waals surface area (Å²) < 4.78 is 17.6. The predicted octanol–water partition coefficient (Wildman–Crippen LogP) is 3.47. The van der Waals surface area contributed by atoms with E-state index in [2.05, 4.69) is 18.0 Å². The molecule has 5 rings (SSSR count). The van der Waals surface area contributed by atoms with Gasteiger partial charge in [-0.15, -0.1) is 0 Å². The Morgan fingerprint density at radius 3 is 2.66 bits per heavy atom. The molecular weight excluding hydrogens is 406 g/mol. The van der Waals surface area contributed by atoms with E-state index in [1.54, 1.807) is 44.6 Å². The highest BCUT2D eigenvalue weighted by molar-refractivity contribution is 6.04. The molecule has 2 aliphatic carbocycles. The maximum Gasteiger partial charge on any atom is 0.220 e. The van der Waals surface area contributed by atoms with Crippen LogP contribution in [-0.4, -0.2) is 43.6 Å². The molecular formula is C26H27NO5. The van der Waals surface area contributed by atoms with E-state index in [0.29, 0.717) is 23.0 Å². The monoisotopic (exact) mass is 433 g/mol. The normalized spacial score (nSPS) is 23.8. The zero-order chi connectivity index (χ0) is 22.5. The van der Waals surface area contributed by atoms with E-state index in [-0.39, 0.29) is 18.4 Å². The van der Waals surface area contributed by atoms with Crippen molar-refractivity contribution in [2.45, 2.75) is 30.9 Å². The fraction of sp³-hybridized carbons (Fsp3) is 0.346. The molecule has 0 saturated heterocycles. The minimum absolute atomic E-state index is 0.0383. The Bertz CT molecular complexity index is 1130. The third-order valence-electron chi connectivity index (χ3n) is 6.89. The highest BCUT2D eigenvalue weighted by Gasteiger charge is 2.49. The lowest BCUT2D eigenvalue weighted by atomic mass is 9.77. The molecule has 0 unspecified atom stereocenters. The highest BCUT2D eigenvalue weighted by atomic mass is 16.5. The van der Waals surface area contributed by atoms with E-state index < -0.39 is 5.41 Å². The number of methoxy groups -OCH3 is 2. The zero-order valence-corrected chi connectivity index (χ0v) is 18.6. The van der Waals surface area contributed by atoms with Crippen LogP contribution in [0.2, 0.25) is 0 Å². The lowest BCUT2D eigenvalue weighted by Gasteiger charge is -2.32. The van der Waals surface area contributed by atoms with Crippen molar-refractivity contribution in [3.8, 4) is 17.2 Å². The van der Waals surface area contributed by atoms with Crippen LogP contribution in [-0.2, 0) is 23.2 Å². The minimum atomic E-state index is -0.526. The van der Waals surface area contributed by atoms with Crippen LogP contribution in [0.25, 0.3) is 0 Å². The molecule has 0 bridgehead atoms. The first-order valence-electron chi connectivity index (χ1n) is 10.8. The van der Waals surface area contributed by atoms with Crippen molar-refractivity contribution in [1.82, 2.24) is 4.90 Å². The largest absolute Gasteiger partial charge is 0.493 e. The Kier molecular flexibility index (Phi) is 5.07. The third kappa shape index (κ3) is 3.14. The third-order valence-corrected chi connectivity index (χ3v) is 6.89. The van der Waals surface area contributed by atoms with Crippen molar-refractivity contribution in [2.75, 3.05) is 27.8 Å². The number of allylic oxidation sites excluding steroid dienone is 3. The molecule has 6 nitrogen and oxygen atoms in total. The summed E-state index contributed by atoms with van der Waals surface area (Å²) in [5.41, 5.74) is 3.88. The van der Waals surface area contributed by atoms with Crippen LogP contribution >= 0.6 is 0 Å². The molecule has 0 radical (unpaired) electrons. The SMILES string of the molecule is COc1cc2c3c(c1OC)[C@]1(C=CC(=O)C(Oc4ccc(CO)cc4)=C1)C[C@H]3N(C)CC2. The maximum absolute atomic E-state index is 12.8. The van der Waals surface area contributed by atoms with Gasteiger partial charge < -0.3 is 19.3 Å². The van der Waals surface area contributed by atoms with Crippen molar-refractivity contribution in [3.05, 3.63) is 76.6 Å². The molecule has 0 amide bonds. The Hall–Kier alpha value is -3.09. The highest BCUT2D eigenvalue weighted by Crippen LogP contribution is 2.58. The molecule has 1 spiro atoms. The molecule has 2 aromatic carbocycles. The summed E-state index contributed by atoms with van der Waals surface area (Å²) in [5, 5.41) is 9.27. The predicted molar refractivity (Wildman–Crippen MR) is 120 cm³/mol. The number of ether oxygens (including phenoxy) is 3. The van der Waals surface area contributed by atoms with Crippen LogP contribution in [0.4, 0.5) is 0 Å². The van der Waals surface area contributed by atoms with Gasteiger partial charge in [-0.1, -0.05) is 18.2 Å². The number of rotatable bonds is 5. The molecule has 32 heavy (non-hydrogen) atoms. The fourth-order valence-corrected chi connectivity index (χ4v) is 5.28. The Labute approximate surface area is 187 Å². The first kappa shape index (κ1) is 20.8. The second kappa shape index (κ2) is 7.80. The van der Waals surface area contributed by atoms with Gasteiger partial charge in [-0.25, -0.2) is 0 Å². The summed E-state index contributed by atoms with van der Waals surface area (Å²) in [4.78, 5) is 15.1. The topological polar surface area (TPSA) is 68.2 Å². The number of ketones is 1. The van der Waals surface area contributed by atoms with Gasteiger partial charge in [-0.05, 0) is 66.9 Å². The smallest absolute Gasteiger partial charge is 0.220 e. The average molecular weight is 434 g/mol. The van der Waals surface area contributed by atoms with Crippen LogP contribution in [0.3, 0.4) is 0 Å². The van der Waals surface area contributed by atoms with Gasteiger partial charge in [0.05, 0.1) is 20.8 Å². The number of aliphatic hydroxyl groups excluding tert-OH is 1. The number of hydrogen-bond donors (Lipinski definition) is 1. The second-order valence-corrected chi connectivity index (χ2v) is 8.66. The lowest BCUT2D eigenvalue weighted by Crippen LogP contribution is -2.31. The van der Waals surface area contributed by atoms with Crippen LogP contribution in [0.5, 0.6) is 17.2 Å². The fourth-order valence-electron chi connectivity index (χ4n) is 5.28. The molecule has 6 heteroatoms. The van der Waals surface area contributed by atoms with Crippen molar-refractivity contribution in [1.29, 1.82) is 0 Å². The van der Waals surface area contributed by atoms with Crippen LogP contribution < -0.4 is 14.2 Å². The quantitative estimate of drug-likeness (QED) is 0.779. The molecule has 0 saturated carbocycles. The van der Waals surface area contributed by atoms with Gasteiger partial charge in [0.1, 0.15) is 5.75 Å². The summed E-state index contributed by atoms with van der Waals surface area (Å²) in [6, 6.07) is 9.42. The number of benzene rings is 2. The van der Waals surface area contributed by atoms with Gasteiger partial charge in [-0.3, -0.25) is 9.69 Å². The van der Waals surface area contributed by atoms with Gasteiger partial charge in [0.15, 0.2) is 17.3 Å². The van der Waals surface area contributed by atoms with E-state index in [1.165, 1.54) is 11.1 Å². The van der Waals surface area contributed by atoms with Gasteiger partial charge in [0.25, 0.3) is 0 Å². The molecule has 0 fully saturated rings. The van der Waals surface area contributed by atoms with Gasteiger partial charge >= 0.3 is 0 Å². The number of likely N-dealkylation sites (N-methyl/N-ethyl adjacent to an activating group) is 1. The van der Waals surface area contributed by atoms with Gasteiger partial charge in [0, 0.05) is 23.6 Å². The van der Waals surface area contributed by atoms with Crippen molar-refractivity contribution in [2.24, 2.45) is 0 Å². The number of carbonyl (C=O) groups excluding carboxylic acids is 1. The summed E-state index contributed by atoms with van der Waals surface area (Å²) >= 11 is 0. The molecule has 1 aliphatic heterocycles. The van der Waals surface area contributed by atoms with Gasteiger partial charge in [-0.2, -0.15) is 0 Å². The van der Waals surface area contributed by atoms with E-state index in [4.69, 9.17) is 14.2 Å². The average Bonchev–Trinajstić information content (AvgIpc) is 3.15. The Balaban J connectivity index is 1.64. The van der Waals surface area contributed by atoms with Crippen molar-refractivity contribution >= 4 is 5.78 Å².